The molecule has 0 saturated heterocycles. The van der Waals surface area contributed by atoms with Gasteiger partial charge in [0.2, 0.25) is 0 Å². The van der Waals surface area contributed by atoms with Crippen molar-refractivity contribution in [3.8, 4) is 0 Å². The van der Waals surface area contributed by atoms with Crippen LogP contribution in [0.5, 0.6) is 0 Å². The molecule has 0 saturated carbocycles. The zero-order valence-electron chi connectivity index (χ0n) is 35.1. The van der Waals surface area contributed by atoms with Gasteiger partial charge in [0.1, 0.15) is 12.2 Å². The van der Waals surface area contributed by atoms with Gasteiger partial charge >= 0.3 is 13.8 Å². The second-order valence-corrected chi connectivity index (χ2v) is 16.1. The maximum absolute atomic E-state index is 12.6. The average molecular weight is 799 g/mol. The lowest BCUT2D eigenvalue weighted by atomic mass is 10.0. The van der Waals surface area contributed by atoms with Crippen molar-refractivity contribution in [3.05, 3.63) is 48.6 Å². The number of hydrogen-bond acceptors (Lipinski definition) is 8. The van der Waals surface area contributed by atoms with Crippen molar-refractivity contribution in [1.29, 1.82) is 0 Å². The van der Waals surface area contributed by atoms with Gasteiger partial charge in [-0.2, -0.15) is 0 Å². The van der Waals surface area contributed by atoms with E-state index in [1.54, 1.807) is 0 Å². The summed E-state index contributed by atoms with van der Waals surface area (Å²) in [6.07, 6.45) is 46.3. The van der Waals surface area contributed by atoms with Crippen LogP contribution >= 0.6 is 7.82 Å². The third-order valence-corrected chi connectivity index (χ3v) is 10.2. The van der Waals surface area contributed by atoms with Crippen LogP contribution in [0.4, 0.5) is 0 Å². The molecule has 10 heteroatoms. The lowest BCUT2D eigenvalue weighted by Crippen LogP contribution is -2.29. The summed E-state index contributed by atoms with van der Waals surface area (Å²) in [5, 5.41) is 18.3. The van der Waals surface area contributed by atoms with Crippen LogP contribution < -0.4 is 0 Å². The number of phosphoric acid groups is 1. The van der Waals surface area contributed by atoms with Gasteiger partial charge in [0.15, 0.2) is 0 Å². The number of rotatable bonds is 42. The molecule has 0 spiro atoms. The van der Waals surface area contributed by atoms with E-state index in [0.717, 1.165) is 70.6 Å². The monoisotopic (exact) mass is 799 g/mol. The number of aliphatic hydroxyl groups excluding tert-OH is 2. The second kappa shape index (κ2) is 42.0. The molecular formula is C45H83O9P. The SMILES string of the molecule is CC/C=C\C/C=C\C/C=C\C/C=C\CCCCCCCCCCC(=O)OC(COCCCCCCCCCCCCCCC)COP(=O)(O)OCC(O)CO. The molecule has 0 heterocycles. The minimum Gasteiger partial charge on any atom is -0.457 e. The van der Waals surface area contributed by atoms with Gasteiger partial charge < -0.3 is 24.6 Å². The van der Waals surface area contributed by atoms with Gasteiger partial charge in [-0.05, 0) is 51.4 Å². The molecule has 322 valence electrons. The first kappa shape index (κ1) is 53.4. The molecule has 3 atom stereocenters. The molecule has 0 amide bonds. The fourth-order valence-electron chi connectivity index (χ4n) is 5.93. The topological polar surface area (TPSA) is 132 Å². The molecule has 0 aromatic carbocycles. The van der Waals surface area contributed by atoms with Gasteiger partial charge in [0.25, 0.3) is 0 Å². The van der Waals surface area contributed by atoms with E-state index in [-0.39, 0.29) is 19.6 Å². The first-order valence-electron chi connectivity index (χ1n) is 22.1. The predicted molar refractivity (Wildman–Crippen MR) is 228 cm³/mol. The molecule has 0 fully saturated rings. The van der Waals surface area contributed by atoms with Crippen molar-refractivity contribution in [2.45, 2.75) is 199 Å². The van der Waals surface area contributed by atoms with E-state index in [4.69, 9.17) is 23.6 Å². The lowest BCUT2D eigenvalue weighted by Gasteiger charge is -2.20. The maximum Gasteiger partial charge on any atom is 0.472 e. The van der Waals surface area contributed by atoms with Crippen LogP contribution in [0.15, 0.2) is 48.6 Å². The summed E-state index contributed by atoms with van der Waals surface area (Å²) in [5.74, 6) is -0.390. The Bertz CT molecular complexity index is 997. The van der Waals surface area contributed by atoms with E-state index in [2.05, 4.69) is 62.5 Å². The minimum atomic E-state index is -4.52. The lowest BCUT2D eigenvalue weighted by molar-refractivity contribution is -0.154. The fourth-order valence-corrected chi connectivity index (χ4v) is 6.72. The number of phosphoric ester groups is 1. The number of carbonyl (C=O) groups is 1. The molecule has 3 N–H and O–H groups in total. The van der Waals surface area contributed by atoms with Gasteiger partial charge in [-0.25, -0.2) is 4.57 Å². The summed E-state index contributed by atoms with van der Waals surface area (Å²) < 4.78 is 33.4. The summed E-state index contributed by atoms with van der Waals surface area (Å²) in [4.78, 5) is 22.6. The van der Waals surface area contributed by atoms with Crippen LogP contribution in [0.1, 0.15) is 187 Å². The molecule has 0 aromatic heterocycles. The van der Waals surface area contributed by atoms with Crippen molar-refractivity contribution in [1.82, 2.24) is 0 Å². The highest BCUT2D eigenvalue weighted by Crippen LogP contribution is 2.43. The van der Waals surface area contributed by atoms with Crippen LogP contribution in [-0.4, -0.2) is 66.3 Å². The Morgan fingerprint density at radius 3 is 1.56 bits per heavy atom. The smallest absolute Gasteiger partial charge is 0.457 e. The molecule has 0 aliphatic carbocycles. The van der Waals surface area contributed by atoms with E-state index < -0.39 is 39.2 Å². The summed E-state index contributed by atoms with van der Waals surface area (Å²) in [6, 6.07) is 0. The van der Waals surface area contributed by atoms with Crippen LogP contribution in [0.25, 0.3) is 0 Å². The number of hydrogen-bond donors (Lipinski definition) is 3. The number of unbranched alkanes of at least 4 members (excludes halogenated alkanes) is 20. The Balaban J connectivity index is 4.15. The molecule has 0 aromatic rings. The Labute approximate surface area is 337 Å². The number of esters is 1. The molecule has 0 aliphatic rings. The van der Waals surface area contributed by atoms with Crippen LogP contribution in [0, 0.1) is 0 Å². The van der Waals surface area contributed by atoms with Gasteiger partial charge in [-0.3, -0.25) is 13.8 Å². The van der Waals surface area contributed by atoms with Crippen LogP contribution in [0.3, 0.4) is 0 Å². The van der Waals surface area contributed by atoms with Gasteiger partial charge in [0.05, 0.1) is 26.4 Å². The third kappa shape index (κ3) is 41.9. The second-order valence-electron chi connectivity index (χ2n) is 14.7. The highest BCUT2D eigenvalue weighted by Gasteiger charge is 2.26. The number of allylic oxidation sites excluding steroid dienone is 8. The Hall–Kier alpha value is -1.58. The molecular weight excluding hydrogens is 715 g/mol. The first-order chi connectivity index (χ1) is 26.8. The van der Waals surface area contributed by atoms with E-state index in [1.165, 1.54) is 96.3 Å². The largest absolute Gasteiger partial charge is 0.472 e. The highest BCUT2D eigenvalue weighted by molar-refractivity contribution is 7.47. The minimum absolute atomic E-state index is 0.0472. The van der Waals surface area contributed by atoms with Gasteiger partial charge in [0, 0.05) is 13.0 Å². The van der Waals surface area contributed by atoms with Crippen LogP contribution in [0.2, 0.25) is 0 Å². The van der Waals surface area contributed by atoms with Crippen molar-refractivity contribution in [3.63, 3.8) is 0 Å². The quantitative estimate of drug-likeness (QED) is 0.0239. The summed E-state index contributed by atoms with van der Waals surface area (Å²) in [5.41, 5.74) is 0. The van der Waals surface area contributed by atoms with Crippen molar-refractivity contribution < 1.29 is 43.0 Å². The molecule has 3 unspecified atom stereocenters. The molecule has 55 heavy (non-hydrogen) atoms. The molecule has 0 aliphatic heterocycles. The van der Waals surface area contributed by atoms with Gasteiger partial charge in [-0.1, -0.05) is 178 Å². The fraction of sp³-hybridized carbons (Fsp3) is 0.800. The van der Waals surface area contributed by atoms with Crippen molar-refractivity contribution >= 4 is 13.8 Å². The van der Waals surface area contributed by atoms with Crippen molar-refractivity contribution in [2.75, 3.05) is 33.0 Å². The van der Waals surface area contributed by atoms with Gasteiger partial charge in [-0.15, -0.1) is 0 Å². The number of carbonyl (C=O) groups excluding carboxylic acids is 1. The van der Waals surface area contributed by atoms with Crippen molar-refractivity contribution in [2.24, 2.45) is 0 Å². The van der Waals surface area contributed by atoms with Crippen LogP contribution in [-0.2, 0) is 27.9 Å². The molecule has 0 bridgehead atoms. The summed E-state index contributed by atoms with van der Waals surface area (Å²) in [6.45, 7) is 3.41. The Morgan fingerprint density at radius 2 is 1.04 bits per heavy atom. The standard InChI is InChI=1S/C45H83O9P/c1-3-5-7-9-11-13-15-17-18-19-20-21-22-23-24-25-27-29-31-33-35-37-45(48)54-44(42-53-55(49,50)52-40-43(47)39-46)41-51-38-36-34-32-30-28-26-16-14-12-10-8-6-4-2/h5,7,11,13,17-18,20-21,43-44,46-47H,3-4,6,8-10,12,14-16,19,22-42H2,1-2H3,(H,49,50)/b7-5-,13-11-,18-17-,21-20-. The number of aliphatic hydroxyl groups is 2. The van der Waals surface area contributed by atoms with E-state index >= 15 is 0 Å². The molecule has 0 rings (SSSR count). The zero-order chi connectivity index (χ0) is 40.3. The maximum atomic E-state index is 12.6. The average Bonchev–Trinajstić information content (AvgIpc) is 3.18. The number of ether oxygens (including phenoxy) is 2. The molecule has 0 radical (unpaired) electrons. The van der Waals surface area contributed by atoms with E-state index in [1.807, 2.05) is 0 Å². The molecule has 9 nitrogen and oxygen atoms in total. The first-order valence-corrected chi connectivity index (χ1v) is 23.6. The Kier molecular flexibility index (Phi) is 40.8. The van der Waals surface area contributed by atoms with E-state index in [0.29, 0.717) is 6.61 Å². The van der Waals surface area contributed by atoms with E-state index in [9.17, 15) is 19.4 Å². The highest BCUT2D eigenvalue weighted by atomic mass is 31.2. The zero-order valence-corrected chi connectivity index (χ0v) is 36.0. The normalized spacial score (nSPS) is 14.5. The Morgan fingerprint density at radius 1 is 0.582 bits per heavy atom. The summed E-state index contributed by atoms with van der Waals surface area (Å²) in [7, 11) is -4.52. The predicted octanol–water partition coefficient (Wildman–Crippen LogP) is 12.2. The summed E-state index contributed by atoms with van der Waals surface area (Å²) >= 11 is 0. The third-order valence-electron chi connectivity index (χ3n) is 9.28.